The molecule has 0 bridgehead atoms. The van der Waals surface area contributed by atoms with Crippen LogP contribution in [-0.4, -0.2) is 32.5 Å². The van der Waals surface area contributed by atoms with Gasteiger partial charge in [-0.15, -0.1) is 0 Å². The molecule has 12 heteroatoms. The highest BCUT2D eigenvalue weighted by molar-refractivity contribution is 8.01. The summed E-state index contributed by atoms with van der Waals surface area (Å²) in [6, 6.07) is 0. The average molecular weight is 391 g/mol. The Morgan fingerprint density at radius 1 is 1.00 bits per heavy atom. The monoisotopic (exact) mass is 390 g/mol. The van der Waals surface area contributed by atoms with Crippen molar-refractivity contribution in [3.8, 4) is 0 Å². The van der Waals surface area contributed by atoms with Gasteiger partial charge in [0.2, 0.25) is 6.85 Å². The van der Waals surface area contributed by atoms with Crippen LogP contribution in [0.25, 0.3) is 0 Å². The van der Waals surface area contributed by atoms with Crippen LogP contribution < -0.4 is 0 Å². The van der Waals surface area contributed by atoms with E-state index in [1.165, 1.54) is 6.92 Å². The normalized spacial score (nSPS) is 16.4. The minimum Gasteiger partial charge on any atom is -0.309 e. The summed E-state index contributed by atoms with van der Waals surface area (Å²) in [5, 5.41) is -2.08. The molecule has 0 aliphatic rings. The van der Waals surface area contributed by atoms with E-state index in [4.69, 9.17) is 45.1 Å². The molecule has 7 nitrogen and oxygen atoms in total. The van der Waals surface area contributed by atoms with Crippen molar-refractivity contribution in [2.24, 2.45) is 0 Å². The first-order valence-electron chi connectivity index (χ1n) is 5.58. The van der Waals surface area contributed by atoms with Gasteiger partial charge in [-0.05, 0) is 43.3 Å². The Bertz CT molecular complexity index is 376. The van der Waals surface area contributed by atoms with E-state index in [2.05, 4.69) is 0 Å². The van der Waals surface area contributed by atoms with Gasteiger partial charge in [-0.3, -0.25) is 13.7 Å². The smallest absolute Gasteiger partial charge is 0.309 e. The maximum atomic E-state index is 12.9. The third kappa shape index (κ3) is 4.39. The second kappa shape index (κ2) is 8.79. The van der Waals surface area contributed by atoms with E-state index < -0.39 is 27.1 Å². The van der Waals surface area contributed by atoms with E-state index in [0.29, 0.717) is 0 Å². The predicted octanol–water partition coefficient (Wildman–Crippen LogP) is 5.13. The zero-order valence-corrected chi connectivity index (χ0v) is 16.1. The van der Waals surface area contributed by atoms with Crippen LogP contribution in [0.2, 0.25) is 0 Å². The Hall–Kier alpha value is 1.27. The fourth-order valence-electron chi connectivity index (χ4n) is 1.41. The molecule has 0 spiro atoms. The van der Waals surface area contributed by atoms with Crippen LogP contribution in [-0.2, 0) is 31.7 Å². The van der Waals surface area contributed by atoms with Crippen molar-refractivity contribution in [2.75, 3.05) is 27.4 Å². The van der Waals surface area contributed by atoms with Crippen LogP contribution in [0.4, 0.5) is 0 Å². The molecule has 0 rings (SSSR count). The summed E-state index contributed by atoms with van der Waals surface area (Å²) in [5.41, 5.74) is 0. The van der Waals surface area contributed by atoms with Crippen LogP contribution in [0.5, 0.6) is 0 Å². The first-order valence-corrected chi connectivity index (χ1v) is 11.7. The molecule has 0 amide bonds. The minimum absolute atomic E-state index is 0.0339. The second-order valence-corrected chi connectivity index (χ2v) is 11.7. The third-order valence-electron chi connectivity index (χ3n) is 2.34. The highest BCUT2D eigenvalue weighted by atomic mass is 35.9. The fourth-order valence-corrected chi connectivity index (χ4v) is 8.46. The predicted molar refractivity (Wildman–Crippen MR) is 80.6 cm³/mol. The summed E-state index contributed by atoms with van der Waals surface area (Å²) in [4.78, 5) is 0. The molecule has 0 fully saturated rings. The molecule has 0 aromatic rings. The van der Waals surface area contributed by atoms with E-state index in [1.54, 1.807) is 13.8 Å². The summed E-state index contributed by atoms with van der Waals surface area (Å²) < 4.78 is 50.9. The summed E-state index contributed by atoms with van der Waals surface area (Å²) in [5.74, 6) is 0. The molecule has 0 aromatic heterocycles. The Morgan fingerprint density at radius 3 is 1.65 bits per heavy atom. The SMILES string of the molecule is CCOP(=O)(OCC)C(C)(OP(Cl)Cl)P(=O)(OC)OC. The van der Waals surface area contributed by atoms with Crippen molar-refractivity contribution < 1.29 is 31.7 Å². The molecule has 122 valence electrons. The van der Waals surface area contributed by atoms with Gasteiger partial charge in [0.05, 0.1) is 13.2 Å². The summed E-state index contributed by atoms with van der Waals surface area (Å²) in [7, 11) is -5.82. The highest BCUT2D eigenvalue weighted by Gasteiger charge is 2.64. The molecule has 1 atom stereocenters. The maximum Gasteiger partial charge on any atom is 0.374 e. The molecule has 0 aliphatic heterocycles. The topological polar surface area (TPSA) is 80.3 Å². The maximum absolute atomic E-state index is 12.9. The van der Waals surface area contributed by atoms with Crippen molar-refractivity contribution in [2.45, 2.75) is 25.9 Å². The van der Waals surface area contributed by atoms with Gasteiger partial charge in [-0.1, -0.05) is 0 Å². The molecule has 1 unspecified atom stereocenters. The van der Waals surface area contributed by atoms with Crippen molar-refractivity contribution in [1.29, 1.82) is 0 Å². The molecular weight excluding hydrogens is 372 g/mol. The van der Waals surface area contributed by atoms with Gasteiger partial charge in [-0.25, -0.2) is 0 Å². The molecule has 0 heterocycles. The van der Waals surface area contributed by atoms with Crippen molar-refractivity contribution in [3.05, 3.63) is 0 Å². The lowest BCUT2D eigenvalue weighted by Crippen LogP contribution is -2.30. The van der Waals surface area contributed by atoms with Crippen LogP contribution >= 0.6 is 44.5 Å². The second-order valence-electron chi connectivity index (χ2n) is 3.42. The van der Waals surface area contributed by atoms with Crippen molar-refractivity contribution >= 4 is 44.5 Å². The van der Waals surface area contributed by atoms with Crippen LogP contribution in [0.3, 0.4) is 0 Å². The Balaban J connectivity index is 5.96. The van der Waals surface area contributed by atoms with Crippen LogP contribution in [0.1, 0.15) is 20.8 Å². The van der Waals surface area contributed by atoms with E-state index in [1.807, 2.05) is 0 Å². The minimum atomic E-state index is -4.04. The summed E-state index contributed by atoms with van der Waals surface area (Å²) in [6.45, 7) is 2.41. The van der Waals surface area contributed by atoms with E-state index in [0.717, 1.165) is 14.2 Å². The fraction of sp³-hybridized carbons (Fsp3) is 1.00. The number of rotatable bonds is 10. The molecular formula is C8H19Cl2O7P3. The summed E-state index contributed by atoms with van der Waals surface area (Å²) >= 11 is 11.3. The van der Waals surface area contributed by atoms with Gasteiger partial charge >= 0.3 is 15.2 Å². The van der Waals surface area contributed by atoms with E-state index in [9.17, 15) is 9.13 Å². The molecule has 0 aliphatic carbocycles. The number of hydrogen-bond acceptors (Lipinski definition) is 7. The van der Waals surface area contributed by atoms with Gasteiger partial charge in [0.1, 0.15) is 0 Å². The zero-order valence-electron chi connectivity index (χ0n) is 11.9. The number of halogens is 2. The van der Waals surface area contributed by atoms with Crippen molar-refractivity contribution in [3.63, 3.8) is 0 Å². The lowest BCUT2D eigenvalue weighted by atomic mass is 10.9. The highest BCUT2D eigenvalue weighted by Crippen LogP contribution is 2.80. The molecule has 0 radical (unpaired) electrons. The van der Waals surface area contributed by atoms with Crippen LogP contribution in [0.15, 0.2) is 0 Å². The zero-order chi connectivity index (χ0) is 16.0. The molecule has 20 heavy (non-hydrogen) atoms. The van der Waals surface area contributed by atoms with E-state index in [-0.39, 0.29) is 13.2 Å². The Morgan fingerprint density at radius 2 is 1.40 bits per heavy atom. The van der Waals surface area contributed by atoms with Gasteiger partial charge in [0.25, 0.3) is 5.08 Å². The van der Waals surface area contributed by atoms with Gasteiger partial charge in [0.15, 0.2) is 0 Å². The molecule has 0 saturated heterocycles. The lowest BCUT2D eigenvalue weighted by Gasteiger charge is -2.38. The quantitative estimate of drug-likeness (QED) is 0.478. The van der Waals surface area contributed by atoms with Crippen molar-refractivity contribution in [1.82, 2.24) is 0 Å². The largest absolute Gasteiger partial charge is 0.374 e. The van der Waals surface area contributed by atoms with Gasteiger partial charge in [0, 0.05) is 14.2 Å². The van der Waals surface area contributed by atoms with Crippen LogP contribution in [0, 0.1) is 0 Å². The third-order valence-corrected chi connectivity index (χ3v) is 9.38. The number of hydrogen-bond donors (Lipinski definition) is 0. The Labute approximate surface area is 130 Å². The first kappa shape index (κ1) is 21.3. The van der Waals surface area contributed by atoms with Gasteiger partial charge < -0.3 is 18.1 Å². The molecule has 0 N–H and O–H groups in total. The average Bonchev–Trinajstić information content (AvgIpc) is 2.37. The molecule has 0 saturated carbocycles. The summed E-state index contributed by atoms with van der Waals surface area (Å²) in [6.07, 6.45) is 0. The lowest BCUT2D eigenvalue weighted by molar-refractivity contribution is 0.130. The van der Waals surface area contributed by atoms with E-state index >= 15 is 0 Å². The Kier molecular flexibility index (Phi) is 9.34. The first-order chi connectivity index (χ1) is 9.16. The molecule has 0 aromatic carbocycles. The van der Waals surface area contributed by atoms with Gasteiger partial charge in [-0.2, -0.15) is 0 Å². The standard InChI is InChI=1S/C8H19Cl2O7P3/c1-6-15-20(12,16-7-2)8(3,17-18(9)10)19(11,13-4)14-5/h6-7H2,1-5H3.